The molecule has 1 N–H and O–H groups in total. The van der Waals surface area contributed by atoms with Gasteiger partial charge in [0.05, 0.1) is 15.1 Å². The fourth-order valence-electron chi connectivity index (χ4n) is 5.37. The first kappa shape index (κ1) is 27.4. The number of halogens is 3. The molecule has 4 nitrogen and oxygen atoms in total. The molecule has 0 spiro atoms. The molecule has 0 unspecified atom stereocenters. The number of nitrogens with zero attached hydrogens (tertiary/aromatic N) is 1. The zero-order valence-corrected chi connectivity index (χ0v) is 23.3. The van der Waals surface area contributed by atoms with E-state index in [1.54, 1.807) is 13.0 Å². The third-order valence-corrected chi connectivity index (χ3v) is 9.24. The van der Waals surface area contributed by atoms with E-state index in [-0.39, 0.29) is 37.7 Å². The lowest BCUT2D eigenvalue weighted by molar-refractivity contribution is 0.0606. The molecule has 0 radical (unpaired) electrons. The van der Waals surface area contributed by atoms with E-state index in [2.05, 4.69) is 5.32 Å². The van der Waals surface area contributed by atoms with E-state index >= 15 is 0 Å². The highest BCUT2D eigenvalue weighted by Crippen LogP contribution is 2.40. The minimum atomic E-state index is -0.645. The van der Waals surface area contributed by atoms with Gasteiger partial charge in [0, 0.05) is 24.2 Å². The Morgan fingerprint density at radius 2 is 1.64 bits per heavy atom. The number of amides is 1. The second-order valence-corrected chi connectivity index (χ2v) is 11.4. The normalized spacial score (nSPS) is 17.4. The van der Waals surface area contributed by atoms with Crippen molar-refractivity contribution in [2.24, 2.45) is 0 Å². The van der Waals surface area contributed by atoms with Crippen molar-refractivity contribution in [3.8, 4) is 11.1 Å². The first-order valence-corrected chi connectivity index (χ1v) is 14.2. The Morgan fingerprint density at radius 1 is 0.974 bits per heavy atom. The van der Waals surface area contributed by atoms with Crippen LogP contribution in [-0.2, 0) is 6.54 Å². The Balaban J connectivity index is 1.51. The van der Waals surface area contributed by atoms with Crippen molar-refractivity contribution < 1.29 is 18.4 Å². The van der Waals surface area contributed by atoms with Gasteiger partial charge in [0.25, 0.3) is 5.91 Å². The monoisotopic (exact) mass is 566 g/mol. The van der Waals surface area contributed by atoms with Crippen LogP contribution in [0.2, 0.25) is 5.02 Å². The Kier molecular flexibility index (Phi) is 8.12. The van der Waals surface area contributed by atoms with Gasteiger partial charge in [-0.05, 0) is 80.6 Å². The Bertz CT molecular complexity index is 1550. The van der Waals surface area contributed by atoms with Crippen molar-refractivity contribution >= 4 is 44.7 Å². The van der Waals surface area contributed by atoms with Crippen molar-refractivity contribution in [3.05, 3.63) is 93.3 Å². The molecule has 1 aliphatic rings. The van der Waals surface area contributed by atoms with Crippen LogP contribution >= 0.6 is 22.9 Å². The summed E-state index contributed by atoms with van der Waals surface area (Å²) in [5, 5.41) is 3.24. The SMILES string of the molecule is CN[C@H]1CC[C@H](N(Cc2cccc(-c3cccc(C(C)=O)c3)c2)C(=O)c2sc3c(F)ccc(F)c3c2Cl)CC1. The molecular weight excluding hydrogens is 538 g/mol. The summed E-state index contributed by atoms with van der Waals surface area (Å²) in [6.07, 6.45) is 3.46. The van der Waals surface area contributed by atoms with E-state index in [4.69, 9.17) is 11.6 Å². The molecule has 1 saturated carbocycles. The number of hydrogen-bond acceptors (Lipinski definition) is 4. The third-order valence-electron chi connectivity index (χ3n) is 7.56. The van der Waals surface area contributed by atoms with E-state index in [0.29, 0.717) is 18.2 Å². The number of benzene rings is 3. The number of nitrogens with one attached hydrogen (secondary N) is 1. The average Bonchev–Trinajstić information content (AvgIpc) is 3.32. The van der Waals surface area contributed by atoms with Gasteiger partial charge in [-0.3, -0.25) is 9.59 Å². The maximum absolute atomic E-state index is 14.6. The maximum atomic E-state index is 14.6. The fraction of sp³-hybridized carbons (Fsp3) is 0.290. The highest BCUT2D eigenvalue weighted by molar-refractivity contribution is 7.21. The molecule has 3 aromatic carbocycles. The van der Waals surface area contributed by atoms with Gasteiger partial charge in [0.1, 0.15) is 16.5 Å². The number of carbonyl (C=O) groups excluding carboxylic acids is 2. The zero-order chi connectivity index (χ0) is 27.7. The Hall–Kier alpha value is -3.13. The lowest BCUT2D eigenvalue weighted by Crippen LogP contribution is -2.44. The van der Waals surface area contributed by atoms with Gasteiger partial charge in [0.15, 0.2) is 5.78 Å². The molecule has 0 aliphatic heterocycles. The van der Waals surface area contributed by atoms with Crippen LogP contribution in [0.5, 0.6) is 0 Å². The lowest BCUT2D eigenvalue weighted by atomic mass is 9.89. The van der Waals surface area contributed by atoms with Crippen molar-refractivity contribution in [2.75, 3.05) is 7.05 Å². The minimum Gasteiger partial charge on any atom is -0.331 e. The molecule has 0 atom stereocenters. The van der Waals surface area contributed by atoms with Crippen LogP contribution in [0.4, 0.5) is 8.78 Å². The van der Waals surface area contributed by atoms with Gasteiger partial charge >= 0.3 is 0 Å². The second kappa shape index (κ2) is 11.5. The van der Waals surface area contributed by atoms with Crippen molar-refractivity contribution in [1.29, 1.82) is 0 Å². The van der Waals surface area contributed by atoms with Crippen molar-refractivity contribution in [1.82, 2.24) is 10.2 Å². The third kappa shape index (κ3) is 5.62. The number of thiophene rings is 1. The smallest absolute Gasteiger partial charge is 0.266 e. The summed E-state index contributed by atoms with van der Waals surface area (Å²) < 4.78 is 29.1. The van der Waals surface area contributed by atoms with Crippen LogP contribution in [0.25, 0.3) is 21.2 Å². The van der Waals surface area contributed by atoms with Gasteiger partial charge in [-0.2, -0.15) is 0 Å². The predicted octanol–water partition coefficient (Wildman–Crippen LogP) is 7.88. The highest BCUT2D eigenvalue weighted by Gasteiger charge is 2.32. The highest BCUT2D eigenvalue weighted by atomic mass is 35.5. The quantitative estimate of drug-likeness (QED) is 0.232. The average molecular weight is 567 g/mol. The summed E-state index contributed by atoms with van der Waals surface area (Å²) in [5.41, 5.74) is 3.40. The largest absolute Gasteiger partial charge is 0.331 e. The van der Waals surface area contributed by atoms with E-state index in [0.717, 1.165) is 65.8 Å². The molecule has 1 heterocycles. The van der Waals surface area contributed by atoms with Crippen molar-refractivity contribution in [2.45, 2.75) is 51.2 Å². The number of Topliss-reactive ketones (excluding diaryl/α,β-unsaturated/α-hetero) is 1. The number of ketones is 1. The standard InChI is InChI=1S/C31H29ClF2N2O2S/c1-18(37)20-6-4-8-22(16-20)21-7-3-5-19(15-21)17-36(24-11-9-23(35-2)10-12-24)31(38)30-28(32)27-25(33)13-14-26(34)29(27)39-30/h3-8,13-16,23-24,35H,9-12,17H2,1-2H3/t23-,24-. The van der Waals surface area contributed by atoms with Gasteiger partial charge in [-0.1, -0.05) is 48.0 Å². The Morgan fingerprint density at radius 3 is 2.31 bits per heavy atom. The van der Waals surface area contributed by atoms with Gasteiger partial charge < -0.3 is 10.2 Å². The van der Waals surface area contributed by atoms with Gasteiger partial charge in [-0.15, -0.1) is 11.3 Å². The maximum Gasteiger partial charge on any atom is 0.266 e. The summed E-state index contributed by atoms with van der Waals surface area (Å²) in [4.78, 5) is 27.9. The summed E-state index contributed by atoms with van der Waals surface area (Å²) in [5.74, 6) is -1.57. The molecule has 39 heavy (non-hydrogen) atoms. The fourth-order valence-corrected chi connectivity index (χ4v) is 6.88. The number of hydrogen-bond donors (Lipinski definition) is 1. The molecule has 202 valence electrons. The van der Waals surface area contributed by atoms with Crippen LogP contribution in [0.3, 0.4) is 0 Å². The van der Waals surface area contributed by atoms with Crippen LogP contribution in [-0.4, -0.2) is 35.7 Å². The summed E-state index contributed by atoms with van der Waals surface area (Å²) in [7, 11) is 1.95. The summed E-state index contributed by atoms with van der Waals surface area (Å²) >= 11 is 7.43. The summed E-state index contributed by atoms with van der Waals surface area (Å²) in [6.45, 7) is 1.86. The molecule has 1 aromatic heterocycles. The zero-order valence-electron chi connectivity index (χ0n) is 21.8. The summed E-state index contributed by atoms with van der Waals surface area (Å²) in [6, 6.07) is 17.8. The molecule has 8 heteroatoms. The van der Waals surface area contributed by atoms with E-state index in [1.807, 2.05) is 54.4 Å². The van der Waals surface area contributed by atoms with Gasteiger partial charge in [-0.25, -0.2) is 8.78 Å². The molecule has 1 amide bonds. The second-order valence-electron chi connectivity index (χ2n) is 10.0. The number of fused-ring (bicyclic) bond motifs is 1. The molecule has 0 bridgehead atoms. The topological polar surface area (TPSA) is 49.4 Å². The van der Waals surface area contributed by atoms with E-state index in [1.165, 1.54) is 0 Å². The van der Waals surface area contributed by atoms with Crippen molar-refractivity contribution in [3.63, 3.8) is 0 Å². The number of rotatable bonds is 7. The molecule has 5 rings (SSSR count). The first-order chi connectivity index (χ1) is 18.8. The van der Waals surface area contributed by atoms with Crippen LogP contribution in [0.1, 0.15) is 58.2 Å². The molecular formula is C31H29ClF2N2O2S. The van der Waals surface area contributed by atoms with Gasteiger partial charge in [0.2, 0.25) is 0 Å². The molecule has 0 saturated heterocycles. The van der Waals surface area contributed by atoms with E-state index in [9.17, 15) is 18.4 Å². The van der Waals surface area contributed by atoms with Crippen LogP contribution in [0.15, 0.2) is 60.7 Å². The number of carbonyl (C=O) groups is 2. The molecule has 1 aliphatic carbocycles. The minimum absolute atomic E-state index is 0.00460. The van der Waals surface area contributed by atoms with Crippen LogP contribution in [0, 0.1) is 11.6 Å². The molecule has 1 fully saturated rings. The first-order valence-electron chi connectivity index (χ1n) is 13.0. The van der Waals surface area contributed by atoms with E-state index < -0.39 is 11.6 Å². The molecule has 4 aromatic rings. The van der Waals surface area contributed by atoms with Crippen LogP contribution < -0.4 is 5.32 Å². The Labute approximate surface area is 235 Å². The lowest BCUT2D eigenvalue weighted by Gasteiger charge is -2.37. The predicted molar refractivity (Wildman–Crippen MR) is 154 cm³/mol.